The molecule has 0 radical (unpaired) electrons. The van der Waals surface area contributed by atoms with Crippen LogP contribution in [0.4, 0.5) is 15.8 Å². The summed E-state index contributed by atoms with van der Waals surface area (Å²) in [5.41, 5.74) is 0.355. The molecule has 0 aliphatic carbocycles. The summed E-state index contributed by atoms with van der Waals surface area (Å²) in [6.45, 7) is 0.639. The first-order valence-electron chi connectivity index (χ1n) is 10.1. The van der Waals surface area contributed by atoms with Gasteiger partial charge in [0.25, 0.3) is 0 Å². The zero-order valence-electron chi connectivity index (χ0n) is 16.1. The number of halogens is 3. The van der Waals surface area contributed by atoms with E-state index < -0.39 is 29.1 Å². The van der Waals surface area contributed by atoms with Gasteiger partial charge in [-0.3, -0.25) is 19.3 Å². The molecule has 1 spiro atoms. The van der Waals surface area contributed by atoms with E-state index in [1.807, 2.05) is 18.2 Å². The third kappa shape index (κ3) is 2.28. The largest absolute Gasteiger partial charge is 0.324 e. The van der Waals surface area contributed by atoms with Crippen molar-refractivity contribution >= 4 is 56.6 Å². The number of imide groups is 1. The molecular weight excluding hydrogens is 489 g/mol. The molecule has 158 valence electrons. The number of rotatable bonds is 1. The molecule has 4 aliphatic heterocycles. The van der Waals surface area contributed by atoms with Crippen molar-refractivity contribution in [2.75, 3.05) is 16.8 Å². The Morgan fingerprint density at radius 3 is 2.71 bits per heavy atom. The van der Waals surface area contributed by atoms with E-state index in [-0.39, 0.29) is 28.6 Å². The molecule has 3 fully saturated rings. The van der Waals surface area contributed by atoms with Gasteiger partial charge in [-0.15, -0.1) is 0 Å². The number of nitrogens with zero attached hydrogens (tertiary/aromatic N) is 2. The van der Waals surface area contributed by atoms with Crippen LogP contribution in [0.3, 0.4) is 0 Å². The average molecular weight is 505 g/mol. The lowest BCUT2D eigenvalue weighted by Crippen LogP contribution is -2.54. The molecule has 31 heavy (non-hydrogen) atoms. The fourth-order valence-electron chi connectivity index (χ4n) is 6.05. The topological polar surface area (TPSA) is 69.7 Å². The van der Waals surface area contributed by atoms with Gasteiger partial charge >= 0.3 is 0 Å². The highest BCUT2D eigenvalue weighted by Crippen LogP contribution is 2.60. The number of amides is 3. The Morgan fingerprint density at radius 2 is 1.94 bits per heavy atom. The normalized spacial score (nSPS) is 31.4. The molecule has 6 rings (SSSR count). The highest BCUT2D eigenvalue weighted by Gasteiger charge is 2.74. The fraction of sp³-hybridized carbons (Fsp3) is 0.318. The summed E-state index contributed by atoms with van der Waals surface area (Å²) in [6, 6.07) is 9.09. The molecule has 0 aromatic heterocycles. The Bertz CT molecular complexity index is 1210. The molecule has 4 atom stereocenters. The predicted octanol–water partition coefficient (Wildman–Crippen LogP) is 3.67. The third-order valence-corrected chi connectivity index (χ3v) is 7.90. The molecule has 0 unspecified atom stereocenters. The van der Waals surface area contributed by atoms with E-state index in [1.165, 1.54) is 12.1 Å². The number of hydrogen-bond donors (Lipinski definition) is 1. The molecule has 0 bridgehead atoms. The van der Waals surface area contributed by atoms with Gasteiger partial charge in [0.2, 0.25) is 17.7 Å². The van der Waals surface area contributed by atoms with Crippen molar-refractivity contribution < 1.29 is 18.8 Å². The van der Waals surface area contributed by atoms with Gasteiger partial charge in [-0.1, -0.05) is 27.5 Å². The first-order chi connectivity index (χ1) is 14.9. The van der Waals surface area contributed by atoms with Crippen molar-refractivity contribution in [1.29, 1.82) is 0 Å². The molecule has 6 nitrogen and oxygen atoms in total. The minimum absolute atomic E-state index is 0.166. The van der Waals surface area contributed by atoms with Crippen molar-refractivity contribution in [2.45, 2.75) is 24.4 Å². The predicted molar refractivity (Wildman–Crippen MR) is 115 cm³/mol. The number of fused-ring (bicyclic) bond motifs is 7. The van der Waals surface area contributed by atoms with E-state index in [2.05, 4.69) is 26.1 Å². The smallest absolute Gasteiger partial charge is 0.250 e. The van der Waals surface area contributed by atoms with Crippen molar-refractivity contribution in [3.8, 4) is 0 Å². The number of anilines is 2. The number of carbonyl (C=O) groups is 3. The van der Waals surface area contributed by atoms with Crippen LogP contribution in [0.25, 0.3) is 0 Å². The molecule has 0 saturated carbocycles. The Kier molecular flexibility index (Phi) is 3.99. The lowest BCUT2D eigenvalue weighted by atomic mass is 9.75. The van der Waals surface area contributed by atoms with E-state index in [0.29, 0.717) is 17.8 Å². The number of carbonyl (C=O) groups excluding carboxylic acids is 3. The molecule has 9 heteroatoms. The van der Waals surface area contributed by atoms with Crippen molar-refractivity contribution in [2.24, 2.45) is 11.8 Å². The molecule has 4 aliphatic rings. The Hall–Kier alpha value is -2.29. The summed E-state index contributed by atoms with van der Waals surface area (Å²) >= 11 is 9.40. The molecule has 3 amide bonds. The third-order valence-electron chi connectivity index (χ3n) is 7.12. The monoisotopic (exact) mass is 503 g/mol. The number of hydrogen-bond acceptors (Lipinski definition) is 4. The maximum atomic E-state index is 13.8. The van der Waals surface area contributed by atoms with Crippen LogP contribution in [0.2, 0.25) is 5.02 Å². The van der Waals surface area contributed by atoms with Gasteiger partial charge in [0, 0.05) is 21.8 Å². The standard InChI is InChI=1S/C22H16BrClFN3O3/c23-10-3-6-15-12(8-10)22(21(31)26-15)18-17(16-2-1-7-27(16)22)19(29)28(20(18)30)11-4-5-14(25)13(24)9-11/h3-6,8-9,16-18H,1-2,7H2,(H,26,31)/t16-,17+,18-,22-/m0/s1. The first-order valence-corrected chi connectivity index (χ1v) is 11.2. The average Bonchev–Trinajstić information content (AvgIpc) is 3.43. The molecule has 3 saturated heterocycles. The van der Waals surface area contributed by atoms with Crippen LogP contribution in [0.5, 0.6) is 0 Å². The number of nitrogens with one attached hydrogen (secondary N) is 1. The van der Waals surface area contributed by atoms with E-state index in [1.54, 1.807) is 0 Å². The Balaban J connectivity index is 1.56. The first kappa shape index (κ1) is 19.4. The second-order valence-corrected chi connectivity index (χ2v) is 9.75. The summed E-state index contributed by atoms with van der Waals surface area (Å²) in [7, 11) is 0. The van der Waals surface area contributed by atoms with Gasteiger partial charge in [0.1, 0.15) is 11.4 Å². The van der Waals surface area contributed by atoms with Crippen LogP contribution >= 0.6 is 27.5 Å². The van der Waals surface area contributed by atoms with Crippen LogP contribution < -0.4 is 10.2 Å². The Labute approximate surface area is 190 Å². The molecule has 2 aromatic rings. The van der Waals surface area contributed by atoms with Crippen LogP contribution in [0.15, 0.2) is 40.9 Å². The molecule has 1 N–H and O–H groups in total. The van der Waals surface area contributed by atoms with Crippen LogP contribution in [0.1, 0.15) is 18.4 Å². The summed E-state index contributed by atoms with van der Waals surface area (Å²) < 4.78 is 14.5. The van der Waals surface area contributed by atoms with Crippen LogP contribution in [-0.2, 0) is 19.9 Å². The molecular formula is C22H16BrClFN3O3. The SMILES string of the molecule is O=C1[C@H]2[C@@H](C(=O)N1c1ccc(F)c(Cl)c1)[C@@]1(C(=O)Nc3ccc(Br)cc31)N1CCC[C@@H]21. The van der Waals surface area contributed by atoms with E-state index in [0.717, 1.165) is 28.3 Å². The summed E-state index contributed by atoms with van der Waals surface area (Å²) in [5.74, 6) is -3.21. The lowest BCUT2D eigenvalue weighted by Gasteiger charge is -2.36. The number of benzene rings is 2. The van der Waals surface area contributed by atoms with Gasteiger partial charge < -0.3 is 5.32 Å². The minimum Gasteiger partial charge on any atom is -0.324 e. The second-order valence-electron chi connectivity index (χ2n) is 8.43. The van der Waals surface area contributed by atoms with Gasteiger partial charge in [0.15, 0.2) is 0 Å². The summed E-state index contributed by atoms with van der Waals surface area (Å²) in [4.78, 5) is 44.0. The van der Waals surface area contributed by atoms with Crippen molar-refractivity contribution in [3.05, 3.63) is 57.3 Å². The highest BCUT2D eigenvalue weighted by atomic mass is 79.9. The van der Waals surface area contributed by atoms with Crippen LogP contribution in [-0.4, -0.2) is 35.2 Å². The summed E-state index contributed by atoms with van der Waals surface area (Å²) in [5, 5.41) is 2.77. The lowest BCUT2D eigenvalue weighted by molar-refractivity contribution is -0.135. The summed E-state index contributed by atoms with van der Waals surface area (Å²) in [6.07, 6.45) is 1.58. The zero-order valence-corrected chi connectivity index (χ0v) is 18.4. The molecule has 2 aromatic carbocycles. The van der Waals surface area contributed by atoms with E-state index >= 15 is 0 Å². The quantitative estimate of drug-likeness (QED) is 0.602. The Morgan fingerprint density at radius 1 is 1.13 bits per heavy atom. The van der Waals surface area contributed by atoms with Gasteiger partial charge in [-0.2, -0.15) is 0 Å². The molecule has 4 heterocycles. The minimum atomic E-state index is -1.24. The highest BCUT2D eigenvalue weighted by molar-refractivity contribution is 9.10. The van der Waals surface area contributed by atoms with Crippen LogP contribution in [0, 0.1) is 17.7 Å². The second kappa shape index (κ2) is 6.37. The van der Waals surface area contributed by atoms with Crippen molar-refractivity contribution in [1.82, 2.24) is 4.90 Å². The maximum absolute atomic E-state index is 13.8. The van der Waals surface area contributed by atoms with Gasteiger partial charge in [-0.05, 0) is 55.8 Å². The van der Waals surface area contributed by atoms with E-state index in [9.17, 15) is 18.8 Å². The van der Waals surface area contributed by atoms with Gasteiger partial charge in [-0.25, -0.2) is 9.29 Å². The zero-order chi connectivity index (χ0) is 21.7. The van der Waals surface area contributed by atoms with Crippen molar-refractivity contribution in [3.63, 3.8) is 0 Å². The van der Waals surface area contributed by atoms with E-state index in [4.69, 9.17) is 11.6 Å². The maximum Gasteiger partial charge on any atom is 0.250 e. The van der Waals surface area contributed by atoms with Gasteiger partial charge in [0.05, 0.1) is 22.5 Å². The fourth-order valence-corrected chi connectivity index (χ4v) is 6.59.